The maximum atomic E-state index is 13.2. The van der Waals surface area contributed by atoms with E-state index in [9.17, 15) is 14.4 Å². The van der Waals surface area contributed by atoms with Crippen molar-refractivity contribution in [2.45, 2.75) is 25.9 Å². The number of fused-ring (bicyclic) bond motifs is 1. The third-order valence-electron chi connectivity index (χ3n) is 5.59. The van der Waals surface area contributed by atoms with Crippen molar-refractivity contribution in [1.82, 2.24) is 18.7 Å². The summed E-state index contributed by atoms with van der Waals surface area (Å²) in [6.45, 7) is 0.921. The fraction of sp³-hybridized carbons (Fsp3) is 0.304. The molecule has 3 heterocycles. The Morgan fingerprint density at radius 1 is 1.12 bits per heavy atom. The van der Waals surface area contributed by atoms with Crippen molar-refractivity contribution in [1.29, 1.82) is 0 Å². The quantitative estimate of drug-likeness (QED) is 0.397. The summed E-state index contributed by atoms with van der Waals surface area (Å²) in [5, 5.41) is 1.99. The van der Waals surface area contributed by atoms with Crippen molar-refractivity contribution < 1.29 is 9.53 Å². The molecule has 33 heavy (non-hydrogen) atoms. The predicted octanol–water partition coefficient (Wildman–Crippen LogP) is 2.52. The van der Waals surface area contributed by atoms with Gasteiger partial charge in [0.15, 0.2) is 11.2 Å². The average Bonchev–Trinajstić information content (AvgIpc) is 3.50. The number of amides is 1. The van der Waals surface area contributed by atoms with Gasteiger partial charge in [0.1, 0.15) is 5.75 Å². The number of aromatic nitrogens is 4. The highest BCUT2D eigenvalue weighted by Crippen LogP contribution is 2.24. The summed E-state index contributed by atoms with van der Waals surface area (Å²) in [6.07, 6.45) is 2.36. The molecule has 0 aliphatic carbocycles. The van der Waals surface area contributed by atoms with Crippen LogP contribution in [0.3, 0.4) is 0 Å². The summed E-state index contributed by atoms with van der Waals surface area (Å²) < 4.78 is 9.36. The zero-order valence-electron chi connectivity index (χ0n) is 18.7. The minimum Gasteiger partial charge on any atom is -0.497 e. The molecular weight excluding hydrogens is 442 g/mol. The third kappa shape index (κ3) is 4.47. The van der Waals surface area contributed by atoms with Crippen LogP contribution in [0, 0.1) is 0 Å². The minimum atomic E-state index is -0.420. The fourth-order valence-electron chi connectivity index (χ4n) is 3.75. The number of methoxy groups -OCH3 is 1. The van der Waals surface area contributed by atoms with Gasteiger partial charge in [0.25, 0.3) is 5.56 Å². The minimum absolute atomic E-state index is 0.0155. The predicted molar refractivity (Wildman–Crippen MR) is 128 cm³/mol. The molecule has 0 N–H and O–H groups in total. The van der Waals surface area contributed by atoms with Crippen molar-refractivity contribution in [3.05, 3.63) is 73.8 Å². The molecule has 4 aromatic rings. The summed E-state index contributed by atoms with van der Waals surface area (Å²) in [7, 11) is 4.64. The molecule has 4 rings (SSSR count). The van der Waals surface area contributed by atoms with Gasteiger partial charge in [-0.3, -0.25) is 18.7 Å². The lowest BCUT2D eigenvalue weighted by Gasteiger charge is -2.23. The van der Waals surface area contributed by atoms with E-state index in [1.807, 2.05) is 41.8 Å². The lowest BCUT2D eigenvalue weighted by Crippen LogP contribution is -2.37. The summed E-state index contributed by atoms with van der Waals surface area (Å²) in [4.78, 5) is 45.0. The van der Waals surface area contributed by atoms with E-state index in [0.29, 0.717) is 37.1 Å². The molecule has 0 radical (unpaired) electrons. The number of benzene rings is 1. The Bertz CT molecular complexity index is 1380. The van der Waals surface area contributed by atoms with Crippen LogP contribution in [0.1, 0.15) is 17.7 Å². The SMILES string of the molecule is COc1ccc(N(Cc2cccs2)C(=O)CCCn2cnc3c2c(=O)n(C)c(=O)n3C)cc1. The lowest BCUT2D eigenvalue weighted by atomic mass is 10.2. The van der Waals surface area contributed by atoms with E-state index in [2.05, 4.69) is 4.98 Å². The van der Waals surface area contributed by atoms with Gasteiger partial charge in [-0.05, 0) is 42.1 Å². The van der Waals surface area contributed by atoms with Gasteiger partial charge in [-0.2, -0.15) is 0 Å². The summed E-state index contributed by atoms with van der Waals surface area (Å²) in [5.41, 5.74) is 0.682. The second kappa shape index (κ2) is 9.45. The van der Waals surface area contributed by atoms with Gasteiger partial charge in [-0.25, -0.2) is 9.78 Å². The number of aryl methyl sites for hydroxylation is 2. The van der Waals surface area contributed by atoms with E-state index in [1.165, 1.54) is 11.6 Å². The number of ether oxygens (including phenoxy) is 1. The van der Waals surface area contributed by atoms with Gasteiger partial charge >= 0.3 is 5.69 Å². The second-order valence-corrected chi connectivity index (χ2v) is 8.71. The molecule has 1 aromatic carbocycles. The van der Waals surface area contributed by atoms with Crippen molar-refractivity contribution in [3.63, 3.8) is 0 Å². The molecule has 0 spiro atoms. The Hall–Kier alpha value is -3.66. The number of imidazole rings is 1. The number of anilines is 1. The van der Waals surface area contributed by atoms with E-state index >= 15 is 0 Å². The Morgan fingerprint density at radius 2 is 1.88 bits per heavy atom. The molecule has 0 bridgehead atoms. The highest BCUT2D eigenvalue weighted by molar-refractivity contribution is 7.09. The van der Waals surface area contributed by atoms with Crippen LogP contribution in [-0.2, 0) is 32.0 Å². The van der Waals surface area contributed by atoms with Gasteiger partial charge in [-0.1, -0.05) is 6.07 Å². The lowest BCUT2D eigenvalue weighted by molar-refractivity contribution is -0.118. The normalized spacial score (nSPS) is 11.1. The van der Waals surface area contributed by atoms with Gasteiger partial charge in [-0.15, -0.1) is 11.3 Å². The molecule has 3 aromatic heterocycles. The van der Waals surface area contributed by atoms with Crippen LogP contribution in [0.4, 0.5) is 5.69 Å². The second-order valence-electron chi connectivity index (χ2n) is 7.68. The Balaban J connectivity index is 1.52. The number of nitrogens with zero attached hydrogens (tertiary/aromatic N) is 5. The molecule has 9 nitrogen and oxygen atoms in total. The molecule has 0 saturated heterocycles. The van der Waals surface area contributed by atoms with Crippen LogP contribution in [-0.4, -0.2) is 31.7 Å². The first-order valence-electron chi connectivity index (χ1n) is 10.5. The molecule has 0 unspecified atom stereocenters. The Labute approximate surface area is 194 Å². The topological polar surface area (TPSA) is 91.4 Å². The maximum absolute atomic E-state index is 13.2. The molecular formula is C23H25N5O4S. The van der Waals surface area contributed by atoms with Crippen molar-refractivity contribution in [2.24, 2.45) is 14.1 Å². The number of carbonyl (C=O) groups is 1. The number of hydrogen-bond acceptors (Lipinski definition) is 6. The zero-order valence-corrected chi connectivity index (χ0v) is 19.5. The zero-order chi connectivity index (χ0) is 23.5. The molecule has 0 atom stereocenters. The molecule has 0 saturated carbocycles. The van der Waals surface area contributed by atoms with Crippen LogP contribution in [0.5, 0.6) is 5.75 Å². The van der Waals surface area contributed by atoms with Gasteiger partial charge in [0.2, 0.25) is 5.91 Å². The summed E-state index contributed by atoms with van der Waals surface area (Å²) in [5.74, 6) is 0.712. The van der Waals surface area contributed by atoms with Crippen LogP contribution >= 0.6 is 11.3 Å². The highest BCUT2D eigenvalue weighted by Gasteiger charge is 2.18. The van der Waals surface area contributed by atoms with Gasteiger partial charge in [0, 0.05) is 37.6 Å². The van der Waals surface area contributed by atoms with Crippen molar-refractivity contribution >= 4 is 34.1 Å². The molecule has 0 aliphatic heterocycles. The number of hydrogen-bond donors (Lipinski definition) is 0. The van der Waals surface area contributed by atoms with E-state index in [0.717, 1.165) is 20.9 Å². The smallest absolute Gasteiger partial charge is 0.332 e. The molecule has 172 valence electrons. The highest BCUT2D eigenvalue weighted by atomic mass is 32.1. The fourth-order valence-corrected chi connectivity index (χ4v) is 4.44. The first-order chi connectivity index (χ1) is 15.9. The number of thiophene rings is 1. The Kier molecular flexibility index (Phi) is 6.45. The van der Waals surface area contributed by atoms with E-state index in [4.69, 9.17) is 4.74 Å². The number of rotatable bonds is 8. The first kappa shape index (κ1) is 22.5. The van der Waals surface area contributed by atoms with Crippen LogP contribution < -0.4 is 20.9 Å². The third-order valence-corrected chi connectivity index (χ3v) is 6.45. The van der Waals surface area contributed by atoms with Crippen molar-refractivity contribution in [2.75, 3.05) is 12.0 Å². The van der Waals surface area contributed by atoms with E-state index in [-0.39, 0.29) is 5.91 Å². The maximum Gasteiger partial charge on any atom is 0.332 e. The largest absolute Gasteiger partial charge is 0.497 e. The number of carbonyl (C=O) groups excluding carboxylic acids is 1. The van der Waals surface area contributed by atoms with Crippen molar-refractivity contribution in [3.8, 4) is 5.75 Å². The summed E-state index contributed by atoms with van der Waals surface area (Å²) in [6, 6.07) is 11.4. The first-order valence-corrected chi connectivity index (χ1v) is 11.4. The molecule has 0 fully saturated rings. The molecule has 1 amide bonds. The molecule has 0 aliphatic rings. The monoisotopic (exact) mass is 467 g/mol. The van der Waals surface area contributed by atoms with Gasteiger partial charge in [0.05, 0.1) is 20.0 Å². The molecule has 10 heteroatoms. The van der Waals surface area contributed by atoms with Crippen LogP contribution in [0.2, 0.25) is 0 Å². The Morgan fingerprint density at radius 3 is 2.55 bits per heavy atom. The van der Waals surface area contributed by atoms with E-state index < -0.39 is 11.2 Å². The van der Waals surface area contributed by atoms with Gasteiger partial charge < -0.3 is 14.2 Å². The summed E-state index contributed by atoms with van der Waals surface area (Å²) >= 11 is 1.60. The standard InChI is InChI=1S/C23H25N5O4S/c1-25-21-20(22(30)26(2)23(25)31)27(15-24-21)12-4-7-19(29)28(14-18-6-5-13-33-18)16-8-10-17(32-3)11-9-16/h5-6,8-11,13,15H,4,7,12,14H2,1-3H3. The van der Waals surface area contributed by atoms with Crippen LogP contribution in [0.15, 0.2) is 57.7 Å². The van der Waals surface area contributed by atoms with Crippen LogP contribution in [0.25, 0.3) is 11.2 Å². The van der Waals surface area contributed by atoms with E-state index in [1.54, 1.807) is 41.3 Å². The average molecular weight is 468 g/mol.